The summed E-state index contributed by atoms with van der Waals surface area (Å²) in [6, 6.07) is 0. The molecule has 0 aromatic rings. The molecule has 0 heterocycles. The molecule has 0 aromatic heterocycles. The largest absolute Gasteiger partial charge is 0.375 e. The summed E-state index contributed by atoms with van der Waals surface area (Å²) in [7, 11) is 0. The molecule has 1 fully saturated rings. The number of rotatable bonds is 2. The minimum Gasteiger partial charge on any atom is -0.375 e. The van der Waals surface area contributed by atoms with Gasteiger partial charge < -0.3 is 5.73 Å². The number of nitrogens with two attached hydrogens (primary N) is 1. The molecule has 3 nitrogen and oxygen atoms in total. The van der Waals surface area contributed by atoms with Crippen molar-refractivity contribution in [3.63, 3.8) is 0 Å². The van der Waals surface area contributed by atoms with Crippen LogP contribution in [0.5, 0.6) is 0 Å². The average molecular weight is 195 g/mol. The van der Waals surface area contributed by atoms with Crippen molar-refractivity contribution in [2.45, 2.75) is 12.8 Å². The molecule has 2 rings (SSSR count). The van der Waals surface area contributed by atoms with Gasteiger partial charge in [-0.05, 0) is 36.9 Å². The van der Waals surface area contributed by atoms with E-state index in [1.54, 1.807) is 0 Å². The summed E-state index contributed by atoms with van der Waals surface area (Å²) in [4.78, 5) is 0. The molecule has 4 heteroatoms. The number of nitrogens with one attached hydrogen (secondary N) is 1. The molecule has 2 aliphatic rings. The highest BCUT2D eigenvalue weighted by Gasteiger charge is 2.34. The fraction of sp³-hybridized carbons (Fsp3) is 0.556. The highest BCUT2D eigenvalue weighted by Crippen LogP contribution is 2.42. The van der Waals surface area contributed by atoms with Crippen molar-refractivity contribution in [3.8, 4) is 0 Å². The Morgan fingerprint density at radius 1 is 1.54 bits per heavy atom. The Morgan fingerprint density at radius 2 is 2.38 bits per heavy atom. The summed E-state index contributed by atoms with van der Waals surface area (Å²) in [6.07, 6.45) is 9.07. The monoisotopic (exact) mass is 195 g/mol. The van der Waals surface area contributed by atoms with E-state index in [9.17, 15) is 0 Å². The lowest BCUT2D eigenvalue weighted by molar-refractivity contribution is 0.592. The predicted octanol–water partition coefficient (Wildman–Crippen LogP) is 1.02. The molecular formula is C9H13N3S. The van der Waals surface area contributed by atoms with Crippen LogP contribution in [0.15, 0.2) is 17.3 Å². The number of nitrogens with zero attached hydrogens (tertiary/aromatic N) is 1. The van der Waals surface area contributed by atoms with E-state index in [4.69, 9.17) is 5.73 Å². The zero-order valence-electron chi connectivity index (χ0n) is 7.31. The molecule has 0 radical (unpaired) electrons. The van der Waals surface area contributed by atoms with Gasteiger partial charge in [-0.25, -0.2) is 0 Å². The van der Waals surface area contributed by atoms with E-state index in [-0.39, 0.29) is 5.11 Å². The van der Waals surface area contributed by atoms with E-state index in [2.05, 4.69) is 34.9 Å². The number of hydrogen-bond donors (Lipinski definition) is 2. The minimum absolute atomic E-state index is 0.231. The van der Waals surface area contributed by atoms with Gasteiger partial charge in [0.25, 0.3) is 0 Å². The highest BCUT2D eigenvalue weighted by atomic mass is 32.1. The number of fused-ring (bicyclic) bond motifs is 2. The van der Waals surface area contributed by atoms with Crippen molar-refractivity contribution in [1.29, 1.82) is 0 Å². The first-order valence-corrected chi connectivity index (χ1v) is 4.93. The van der Waals surface area contributed by atoms with Crippen molar-refractivity contribution in [3.05, 3.63) is 12.2 Å². The Kier molecular flexibility index (Phi) is 2.31. The van der Waals surface area contributed by atoms with Crippen LogP contribution in [0, 0.1) is 17.8 Å². The first-order chi connectivity index (χ1) is 6.25. The molecule has 0 aromatic carbocycles. The van der Waals surface area contributed by atoms with Crippen molar-refractivity contribution >= 4 is 23.5 Å². The maximum Gasteiger partial charge on any atom is 0.184 e. The van der Waals surface area contributed by atoms with Crippen LogP contribution < -0.4 is 11.2 Å². The fourth-order valence-electron chi connectivity index (χ4n) is 2.19. The van der Waals surface area contributed by atoms with Crippen LogP contribution in [0.3, 0.4) is 0 Å². The zero-order chi connectivity index (χ0) is 9.26. The Morgan fingerprint density at radius 3 is 2.92 bits per heavy atom. The van der Waals surface area contributed by atoms with Crippen molar-refractivity contribution in [1.82, 2.24) is 5.43 Å². The second-order valence-corrected chi connectivity index (χ2v) is 4.14. The van der Waals surface area contributed by atoms with Crippen molar-refractivity contribution < 1.29 is 0 Å². The van der Waals surface area contributed by atoms with Crippen LogP contribution in [-0.4, -0.2) is 11.3 Å². The minimum atomic E-state index is 0.231. The molecule has 3 unspecified atom stereocenters. The maximum atomic E-state index is 5.25. The summed E-state index contributed by atoms with van der Waals surface area (Å²) in [6.45, 7) is 0. The molecule has 0 aliphatic heterocycles. The van der Waals surface area contributed by atoms with E-state index < -0.39 is 0 Å². The molecule has 0 saturated heterocycles. The Balaban J connectivity index is 1.86. The van der Waals surface area contributed by atoms with E-state index in [1.807, 2.05) is 6.21 Å². The van der Waals surface area contributed by atoms with Gasteiger partial charge >= 0.3 is 0 Å². The molecular weight excluding hydrogens is 182 g/mol. The van der Waals surface area contributed by atoms with E-state index in [1.165, 1.54) is 12.8 Å². The SMILES string of the molecule is NC(=S)N/N=C/C1CC2C=CC1C2. The Labute approximate surface area is 83.1 Å². The molecule has 1 saturated carbocycles. The lowest BCUT2D eigenvalue weighted by Gasteiger charge is -2.11. The third-order valence-corrected chi connectivity index (χ3v) is 2.86. The number of allylic oxidation sites excluding steroid dienone is 2. The van der Waals surface area contributed by atoms with E-state index >= 15 is 0 Å². The van der Waals surface area contributed by atoms with Gasteiger partial charge in [0.05, 0.1) is 0 Å². The predicted molar refractivity (Wildman–Crippen MR) is 57.3 cm³/mol. The van der Waals surface area contributed by atoms with Gasteiger partial charge in [-0.3, -0.25) is 5.43 Å². The summed E-state index contributed by atoms with van der Waals surface area (Å²) in [5.41, 5.74) is 7.83. The third kappa shape index (κ3) is 1.88. The molecule has 13 heavy (non-hydrogen) atoms. The van der Waals surface area contributed by atoms with E-state index in [0.717, 1.165) is 5.92 Å². The quantitative estimate of drug-likeness (QED) is 0.299. The van der Waals surface area contributed by atoms with E-state index in [0.29, 0.717) is 11.8 Å². The molecule has 3 atom stereocenters. The summed E-state index contributed by atoms with van der Waals surface area (Å²) in [5, 5.41) is 4.23. The second-order valence-electron chi connectivity index (χ2n) is 3.70. The topological polar surface area (TPSA) is 50.4 Å². The third-order valence-electron chi connectivity index (χ3n) is 2.77. The number of thiocarbonyl (C=S) groups is 1. The molecule has 70 valence electrons. The first-order valence-electron chi connectivity index (χ1n) is 4.52. The second kappa shape index (κ2) is 3.46. The van der Waals surface area contributed by atoms with Crippen molar-refractivity contribution in [2.24, 2.45) is 28.6 Å². The van der Waals surface area contributed by atoms with Gasteiger partial charge in [0.1, 0.15) is 0 Å². The van der Waals surface area contributed by atoms with Crippen LogP contribution in [0.2, 0.25) is 0 Å². The van der Waals surface area contributed by atoms with Crippen LogP contribution in [-0.2, 0) is 0 Å². The lowest BCUT2D eigenvalue weighted by Crippen LogP contribution is -2.25. The van der Waals surface area contributed by atoms with Gasteiger partial charge in [0.15, 0.2) is 5.11 Å². The lowest BCUT2D eigenvalue weighted by atomic mass is 9.95. The molecule has 2 aliphatic carbocycles. The van der Waals surface area contributed by atoms with Gasteiger partial charge in [0.2, 0.25) is 0 Å². The van der Waals surface area contributed by atoms with Gasteiger partial charge in [-0.2, -0.15) is 5.10 Å². The Bertz CT molecular complexity index is 272. The van der Waals surface area contributed by atoms with Crippen LogP contribution in [0.1, 0.15) is 12.8 Å². The smallest absolute Gasteiger partial charge is 0.184 e. The average Bonchev–Trinajstić information content (AvgIpc) is 2.64. The number of hydrazone groups is 1. The van der Waals surface area contributed by atoms with Crippen molar-refractivity contribution in [2.75, 3.05) is 0 Å². The normalized spacial score (nSPS) is 35.8. The number of hydrogen-bond acceptors (Lipinski definition) is 2. The van der Waals surface area contributed by atoms with Gasteiger partial charge in [0, 0.05) is 12.1 Å². The highest BCUT2D eigenvalue weighted by molar-refractivity contribution is 7.80. The van der Waals surface area contributed by atoms with Crippen LogP contribution in [0.25, 0.3) is 0 Å². The first kappa shape index (κ1) is 8.69. The molecule has 3 N–H and O–H groups in total. The molecule has 0 amide bonds. The van der Waals surface area contributed by atoms with Gasteiger partial charge in [-0.15, -0.1) is 0 Å². The standard InChI is InChI=1S/C9H13N3S/c10-9(13)12-11-5-8-4-6-1-2-7(8)3-6/h1-2,5-8H,3-4H2,(H3,10,12,13)/b11-5+. The summed E-state index contributed by atoms with van der Waals surface area (Å²) in [5.74, 6) is 2.06. The maximum absolute atomic E-state index is 5.25. The summed E-state index contributed by atoms with van der Waals surface area (Å²) < 4.78 is 0. The van der Waals surface area contributed by atoms with Crippen LogP contribution in [0.4, 0.5) is 0 Å². The Hall–Kier alpha value is -0.900. The zero-order valence-corrected chi connectivity index (χ0v) is 8.13. The van der Waals surface area contributed by atoms with Gasteiger partial charge in [-0.1, -0.05) is 12.2 Å². The molecule has 0 spiro atoms. The van der Waals surface area contributed by atoms with Crippen LogP contribution >= 0.6 is 12.2 Å². The molecule has 2 bridgehead atoms. The summed E-state index contributed by atoms with van der Waals surface area (Å²) >= 11 is 4.64. The fourth-order valence-corrected chi connectivity index (χ4v) is 2.24.